The molecule has 134 valence electrons. The quantitative estimate of drug-likeness (QED) is 0.753. The highest BCUT2D eigenvalue weighted by molar-refractivity contribution is 5.98. The van der Waals surface area contributed by atoms with Crippen LogP contribution in [0.25, 0.3) is 22.0 Å². The Morgan fingerprint density at radius 2 is 2.12 bits per heavy atom. The van der Waals surface area contributed by atoms with Crippen LogP contribution < -0.4 is 11.1 Å². The molecular weight excluding hydrogens is 335 g/mol. The molecule has 1 fully saturated rings. The third-order valence-electron chi connectivity index (χ3n) is 4.81. The van der Waals surface area contributed by atoms with E-state index in [4.69, 9.17) is 5.73 Å². The molecule has 3 heterocycles. The molecule has 2 unspecified atom stereocenters. The summed E-state index contributed by atoms with van der Waals surface area (Å²) in [6.07, 6.45) is 0.804. The monoisotopic (exact) mass is 354 g/mol. The number of nitrogens with two attached hydrogens (primary N) is 1. The predicted octanol–water partition coefficient (Wildman–Crippen LogP) is 2.53. The van der Waals surface area contributed by atoms with Crippen molar-refractivity contribution in [2.45, 2.75) is 26.4 Å². The Kier molecular flexibility index (Phi) is 3.64. The van der Waals surface area contributed by atoms with E-state index in [0.717, 1.165) is 22.3 Å². The number of carbonyl (C=O) groups excluding carboxylic acids is 1. The number of hydrogen-bond donors (Lipinski definition) is 2. The van der Waals surface area contributed by atoms with Gasteiger partial charge < -0.3 is 11.1 Å². The van der Waals surface area contributed by atoms with Crippen molar-refractivity contribution in [3.63, 3.8) is 0 Å². The summed E-state index contributed by atoms with van der Waals surface area (Å²) in [6.45, 7) is 3.89. The third-order valence-corrected chi connectivity index (χ3v) is 4.81. The van der Waals surface area contributed by atoms with Gasteiger partial charge in [0, 0.05) is 29.9 Å². The fourth-order valence-electron chi connectivity index (χ4n) is 3.17. The van der Waals surface area contributed by atoms with Gasteiger partial charge >= 0.3 is 0 Å². The first-order chi connectivity index (χ1) is 12.3. The molecular formula is C18H19FN6O. The number of hydrogen-bond acceptors (Lipinski definition) is 5. The van der Waals surface area contributed by atoms with Crippen LogP contribution in [-0.4, -0.2) is 31.8 Å². The molecule has 0 radical (unpaired) electrons. The van der Waals surface area contributed by atoms with Gasteiger partial charge in [0.25, 0.3) is 0 Å². The first-order valence-corrected chi connectivity index (χ1v) is 8.37. The largest absolute Gasteiger partial charge is 0.383 e. The fourth-order valence-corrected chi connectivity index (χ4v) is 3.17. The molecule has 1 saturated carbocycles. The van der Waals surface area contributed by atoms with Crippen molar-refractivity contribution in [3.8, 4) is 11.3 Å². The maximum absolute atomic E-state index is 13.0. The van der Waals surface area contributed by atoms with Gasteiger partial charge in [0.2, 0.25) is 5.91 Å². The summed E-state index contributed by atoms with van der Waals surface area (Å²) >= 11 is 0. The van der Waals surface area contributed by atoms with Gasteiger partial charge in [-0.2, -0.15) is 5.10 Å². The molecule has 8 heteroatoms. The maximum atomic E-state index is 13.0. The summed E-state index contributed by atoms with van der Waals surface area (Å²) in [6, 6.07) is 3.63. The molecule has 1 aliphatic carbocycles. The number of carbonyl (C=O) groups is 1. The third kappa shape index (κ3) is 2.67. The van der Waals surface area contributed by atoms with Gasteiger partial charge in [-0.15, -0.1) is 0 Å². The van der Waals surface area contributed by atoms with Gasteiger partial charge in [-0.1, -0.05) is 0 Å². The summed E-state index contributed by atoms with van der Waals surface area (Å²) < 4.78 is 14.8. The van der Waals surface area contributed by atoms with Crippen LogP contribution >= 0.6 is 0 Å². The van der Waals surface area contributed by atoms with Crippen LogP contribution in [0.5, 0.6) is 0 Å². The fraction of sp³-hybridized carbons (Fsp3) is 0.333. The van der Waals surface area contributed by atoms with Gasteiger partial charge in [0.15, 0.2) is 0 Å². The van der Waals surface area contributed by atoms with Crippen LogP contribution in [0.2, 0.25) is 0 Å². The minimum atomic E-state index is -1.04. The second kappa shape index (κ2) is 5.76. The van der Waals surface area contributed by atoms with Crippen LogP contribution in [0.15, 0.2) is 18.3 Å². The summed E-state index contributed by atoms with van der Waals surface area (Å²) in [5, 5.41) is 8.58. The van der Waals surface area contributed by atoms with E-state index in [9.17, 15) is 9.18 Å². The minimum Gasteiger partial charge on any atom is -0.383 e. The molecule has 0 aliphatic heterocycles. The number of amides is 1. The van der Waals surface area contributed by atoms with Crippen LogP contribution in [0, 0.1) is 19.8 Å². The molecule has 4 rings (SSSR count). The Morgan fingerprint density at radius 1 is 1.38 bits per heavy atom. The zero-order chi connectivity index (χ0) is 18.6. The molecule has 0 saturated heterocycles. The Balaban J connectivity index is 1.76. The molecule has 0 spiro atoms. The molecule has 2 atom stereocenters. The van der Waals surface area contributed by atoms with Crippen molar-refractivity contribution in [2.24, 2.45) is 13.0 Å². The molecule has 3 aromatic rings. The van der Waals surface area contributed by atoms with Crippen LogP contribution in [-0.2, 0) is 11.8 Å². The van der Waals surface area contributed by atoms with Crippen molar-refractivity contribution < 1.29 is 9.18 Å². The standard InChI is InChI=1S/C18H19FN6O/c1-8-16(9(2)25(3)24-8)14-4-10-5-15(21-7-12(10)17(20)22-14)23-18(26)11-6-13(11)19/h4-5,7,11,13H,6H2,1-3H3,(H2,20,22)(H,21,23,26). The lowest BCUT2D eigenvalue weighted by molar-refractivity contribution is -0.117. The molecule has 0 aromatic carbocycles. The molecule has 3 N–H and O–H groups in total. The predicted molar refractivity (Wildman–Crippen MR) is 97.3 cm³/mol. The lowest BCUT2D eigenvalue weighted by Crippen LogP contribution is -2.15. The zero-order valence-electron chi connectivity index (χ0n) is 14.7. The highest BCUT2D eigenvalue weighted by Crippen LogP contribution is 2.35. The highest BCUT2D eigenvalue weighted by Gasteiger charge is 2.43. The number of rotatable bonds is 3. The van der Waals surface area contributed by atoms with Gasteiger partial charge in [0.1, 0.15) is 17.8 Å². The number of alkyl halides is 1. The maximum Gasteiger partial charge on any atom is 0.231 e. The van der Waals surface area contributed by atoms with E-state index < -0.39 is 12.1 Å². The molecule has 1 aliphatic rings. The van der Waals surface area contributed by atoms with Crippen molar-refractivity contribution in [1.82, 2.24) is 19.7 Å². The SMILES string of the molecule is Cc1nn(C)c(C)c1-c1cc2cc(NC(=O)C3CC3F)ncc2c(N)n1. The number of nitrogens with one attached hydrogen (secondary N) is 1. The van der Waals surface area contributed by atoms with Gasteiger partial charge in [0.05, 0.1) is 17.3 Å². The Hall–Kier alpha value is -3.03. The first-order valence-electron chi connectivity index (χ1n) is 8.37. The number of halogens is 1. The van der Waals surface area contributed by atoms with Crippen LogP contribution in [0.1, 0.15) is 17.8 Å². The number of pyridine rings is 2. The summed E-state index contributed by atoms with van der Waals surface area (Å²) in [5.41, 5.74) is 9.61. The molecule has 0 bridgehead atoms. The lowest BCUT2D eigenvalue weighted by Gasteiger charge is -2.09. The molecule has 1 amide bonds. The highest BCUT2D eigenvalue weighted by atomic mass is 19.1. The van der Waals surface area contributed by atoms with Crippen molar-refractivity contribution >= 4 is 28.3 Å². The average molecular weight is 354 g/mol. The number of fused-ring (bicyclic) bond motifs is 1. The molecule has 3 aromatic heterocycles. The number of aromatic nitrogens is 4. The Bertz CT molecular complexity index is 1040. The van der Waals surface area contributed by atoms with Crippen LogP contribution in [0.3, 0.4) is 0 Å². The van der Waals surface area contributed by atoms with Crippen LogP contribution in [0.4, 0.5) is 16.0 Å². The molecule has 26 heavy (non-hydrogen) atoms. The van der Waals surface area contributed by atoms with E-state index in [1.165, 1.54) is 0 Å². The number of aryl methyl sites for hydroxylation is 2. The van der Waals surface area contributed by atoms with Gasteiger partial charge in [-0.3, -0.25) is 9.48 Å². The summed E-state index contributed by atoms with van der Waals surface area (Å²) in [4.78, 5) is 20.6. The van der Waals surface area contributed by atoms with E-state index in [2.05, 4.69) is 20.4 Å². The van der Waals surface area contributed by atoms with Crippen molar-refractivity contribution in [1.29, 1.82) is 0 Å². The lowest BCUT2D eigenvalue weighted by atomic mass is 10.1. The van der Waals surface area contributed by atoms with Crippen molar-refractivity contribution in [2.75, 3.05) is 11.1 Å². The normalized spacial score (nSPS) is 18.9. The number of nitrogen functional groups attached to an aromatic ring is 1. The second-order valence-electron chi connectivity index (χ2n) is 6.70. The van der Waals surface area contributed by atoms with E-state index in [-0.39, 0.29) is 12.3 Å². The zero-order valence-corrected chi connectivity index (χ0v) is 14.7. The number of anilines is 2. The summed E-state index contributed by atoms with van der Waals surface area (Å²) in [5.74, 6) is -0.175. The van der Waals surface area contributed by atoms with E-state index in [0.29, 0.717) is 22.7 Å². The van der Waals surface area contributed by atoms with E-state index in [1.54, 1.807) is 16.9 Å². The molecule has 7 nitrogen and oxygen atoms in total. The number of nitrogens with zero attached hydrogens (tertiary/aromatic N) is 4. The van der Waals surface area contributed by atoms with Crippen molar-refractivity contribution in [3.05, 3.63) is 29.7 Å². The van der Waals surface area contributed by atoms with E-state index >= 15 is 0 Å². The minimum absolute atomic E-state index is 0.278. The smallest absolute Gasteiger partial charge is 0.231 e. The second-order valence-corrected chi connectivity index (χ2v) is 6.70. The Labute approximate surface area is 149 Å². The van der Waals surface area contributed by atoms with Gasteiger partial charge in [-0.25, -0.2) is 14.4 Å². The first kappa shape index (κ1) is 16.4. The summed E-state index contributed by atoms with van der Waals surface area (Å²) in [7, 11) is 1.88. The Morgan fingerprint density at radius 3 is 2.73 bits per heavy atom. The topological polar surface area (TPSA) is 98.7 Å². The average Bonchev–Trinajstić information content (AvgIpc) is 3.25. The van der Waals surface area contributed by atoms with E-state index in [1.807, 2.05) is 27.0 Å². The van der Waals surface area contributed by atoms with Gasteiger partial charge in [-0.05, 0) is 37.8 Å².